The standard InChI is InChI=1S/C17H30N2/c1-6-16(11-18-5)12-19-10-9-17-8-7-13(2)14(3)15(17)4/h7-8,16,18-19H,6,9-12H2,1-5H3. The maximum Gasteiger partial charge on any atom is -0.000812 e. The summed E-state index contributed by atoms with van der Waals surface area (Å²) in [7, 11) is 2.03. The zero-order valence-corrected chi connectivity index (χ0v) is 13.3. The number of aryl methyl sites for hydroxylation is 1. The monoisotopic (exact) mass is 262 g/mol. The minimum absolute atomic E-state index is 0.742. The van der Waals surface area contributed by atoms with Gasteiger partial charge in [-0.25, -0.2) is 0 Å². The second-order valence-corrected chi connectivity index (χ2v) is 5.58. The Bertz CT molecular complexity index is 385. The van der Waals surface area contributed by atoms with E-state index >= 15 is 0 Å². The van der Waals surface area contributed by atoms with Crippen LogP contribution in [0.5, 0.6) is 0 Å². The largest absolute Gasteiger partial charge is 0.319 e. The van der Waals surface area contributed by atoms with Gasteiger partial charge in [0.25, 0.3) is 0 Å². The van der Waals surface area contributed by atoms with E-state index in [2.05, 4.69) is 50.5 Å². The second kappa shape index (κ2) is 8.34. The summed E-state index contributed by atoms with van der Waals surface area (Å²) in [5.74, 6) is 0.742. The van der Waals surface area contributed by atoms with Crippen molar-refractivity contribution in [3.05, 3.63) is 34.4 Å². The van der Waals surface area contributed by atoms with E-state index < -0.39 is 0 Å². The van der Waals surface area contributed by atoms with E-state index in [1.165, 1.54) is 28.7 Å². The summed E-state index contributed by atoms with van der Waals surface area (Å²) in [6, 6.07) is 4.53. The van der Waals surface area contributed by atoms with Gasteiger partial charge in [0, 0.05) is 0 Å². The van der Waals surface area contributed by atoms with Crippen molar-refractivity contribution in [3.8, 4) is 0 Å². The lowest BCUT2D eigenvalue weighted by Crippen LogP contribution is -2.30. The lowest BCUT2D eigenvalue weighted by atomic mass is 9.97. The highest BCUT2D eigenvalue weighted by molar-refractivity contribution is 5.38. The molecule has 1 rings (SSSR count). The molecular formula is C17H30N2. The first-order valence-corrected chi connectivity index (χ1v) is 7.51. The Hall–Kier alpha value is -0.860. The van der Waals surface area contributed by atoms with Gasteiger partial charge in [-0.2, -0.15) is 0 Å². The molecule has 1 aromatic carbocycles. The lowest BCUT2D eigenvalue weighted by molar-refractivity contribution is 0.447. The Morgan fingerprint density at radius 2 is 1.79 bits per heavy atom. The molecule has 0 saturated heterocycles. The van der Waals surface area contributed by atoms with Crippen molar-refractivity contribution >= 4 is 0 Å². The van der Waals surface area contributed by atoms with E-state index in [-0.39, 0.29) is 0 Å². The molecule has 0 radical (unpaired) electrons. The Balaban J connectivity index is 2.39. The van der Waals surface area contributed by atoms with Crippen LogP contribution < -0.4 is 10.6 Å². The molecule has 1 aromatic rings. The fourth-order valence-corrected chi connectivity index (χ4v) is 2.46. The van der Waals surface area contributed by atoms with E-state index in [0.29, 0.717) is 0 Å². The third-order valence-corrected chi connectivity index (χ3v) is 4.24. The number of hydrogen-bond acceptors (Lipinski definition) is 2. The first-order chi connectivity index (χ1) is 9.10. The second-order valence-electron chi connectivity index (χ2n) is 5.58. The van der Waals surface area contributed by atoms with E-state index in [1.54, 1.807) is 0 Å². The molecule has 2 heteroatoms. The average Bonchev–Trinajstić information content (AvgIpc) is 2.41. The first kappa shape index (κ1) is 16.2. The quantitative estimate of drug-likeness (QED) is 0.704. The van der Waals surface area contributed by atoms with Crippen LogP contribution in [0.1, 0.15) is 35.6 Å². The Kier molecular flexibility index (Phi) is 7.11. The minimum atomic E-state index is 0.742. The van der Waals surface area contributed by atoms with Gasteiger partial charge in [-0.15, -0.1) is 0 Å². The van der Waals surface area contributed by atoms with Crippen molar-refractivity contribution in [3.63, 3.8) is 0 Å². The van der Waals surface area contributed by atoms with Crippen molar-refractivity contribution < 1.29 is 0 Å². The van der Waals surface area contributed by atoms with E-state index in [9.17, 15) is 0 Å². The molecule has 1 unspecified atom stereocenters. The van der Waals surface area contributed by atoms with Gasteiger partial charge in [-0.05, 0) is 82.0 Å². The number of hydrogen-bond donors (Lipinski definition) is 2. The van der Waals surface area contributed by atoms with Gasteiger partial charge in [-0.3, -0.25) is 0 Å². The van der Waals surface area contributed by atoms with E-state index in [0.717, 1.165) is 32.0 Å². The zero-order valence-electron chi connectivity index (χ0n) is 13.3. The highest BCUT2D eigenvalue weighted by Crippen LogP contribution is 2.17. The van der Waals surface area contributed by atoms with Crippen LogP contribution in [0.3, 0.4) is 0 Å². The summed E-state index contributed by atoms with van der Waals surface area (Å²) in [5.41, 5.74) is 5.79. The van der Waals surface area contributed by atoms with Gasteiger partial charge >= 0.3 is 0 Å². The molecule has 108 valence electrons. The minimum Gasteiger partial charge on any atom is -0.319 e. The molecule has 1 atom stereocenters. The van der Waals surface area contributed by atoms with Gasteiger partial charge < -0.3 is 10.6 Å². The summed E-state index contributed by atoms with van der Waals surface area (Å²) >= 11 is 0. The van der Waals surface area contributed by atoms with E-state index in [1.807, 2.05) is 7.05 Å². The lowest BCUT2D eigenvalue weighted by Gasteiger charge is -2.16. The Morgan fingerprint density at radius 1 is 1.05 bits per heavy atom. The van der Waals surface area contributed by atoms with Crippen molar-refractivity contribution in [2.24, 2.45) is 5.92 Å². The van der Waals surface area contributed by atoms with Gasteiger partial charge in [0.05, 0.1) is 0 Å². The molecule has 19 heavy (non-hydrogen) atoms. The molecular weight excluding hydrogens is 232 g/mol. The van der Waals surface area contributed by atoms with Crippen LogP contribution in [0.25, 0.3) is 0 Å². The zero-order chi connectivity index (χ0) is 14.3. The molecule has 0 aliphatic rings. The number of rotatable bonds is 8. The highest BCUT2D eigenvalue weighted by atomic mass is 14.9. The summed E-state index contributed by atoms with van der Waals surface area (Å²) in [6.45, 7) is 12.2. The van der Waals surface area contributed by atoms with Crippen molar-refractivity contribution in [1.29, 1.82) is 0 Å². The maximum atomic E-state index is 3.59. The average molecular weight is 262 g/mol. The predicted octanol–water partition coefficient (Wildman–Crippen LogP) is 2.99. The molecule has 0 amide bonds. The molecule has 0 aliphatic heterocycles. The summed E-state index contributed by atoms with van der Waals surface area (Å²) in [6.07, 6.45) is 2.36. The van der Waals surface area contributed by atoms with Crippen molar-refractivity contribution in [1.82, 2.24) is 10.6 Å². The van der Waals surface area contributed by atoms with Crippen LogP contribution in [0.15, 0.2) is 12.1 Å². The van der Waals surface area contributed by atoms with E-state index in [4.69, 9.17) is 0 Å². The third-order valence-electron chi connectivity index (χ3n) is 4.24. The van der Waals surface area contributed by atoms with Crippen LogP contribution >= 0.6 is 0 Å². The predicted molar refractivity (Wildman–Crippen MR) is 84.9 cm³/mol. The summed E-state index contributed by atoms with van der Waals surface area (Å²) in [4.78, 5) is 0. The summed E-state index contributed by atoms with van der Waals surface area (Å²) in [5, 5.41) is 6.85. The molecule has 0 spiro atoms. The van der Waals surface area contributed by atoms with Crippen LogP contribution in [0.4, 0.5) is 0 Å². The highest BCUT2D eigenvalue weighted by Gasteiger charge is 2.06. The fraction of sp³-hybridized carbons (Fsp3) is 0.647. The Labute approximate surface area is 119 Å². The molecule has 0 saturated carbocycles. The van der Waals surface area contributed by atoms with Gasteiger partial charge in [0.1, 0.15) is 0 Å². The molecule has 0 aromatic heterocycles. The van der Waals surface area contributed by atoms with Crippen LogP contribution in [0, 0.1) is 26.7 Å². The number of nitrogens with one attached hydrogen (secondary N) is 2. The molecule has 2 nitrogen and oxygen atoms in total. The van der Waals surface area contributed by atoms with Crippen LogP contribution in [-0.2, 0) is 6.42 Å². The first-order valence-electron chi connectivity index (χ1n) is 7.51. The summed E-state index contributed by atoms with van der Waals surface area (Å²) < 4.78 is 0. The molecule has 0 fully saturated rings. The smallest absolute Gasteiger partial charge is 0.000812 e. The van der Waals surface area contributed by atoms with Crippen molar-refractivity contribution in [2.45, 2.75) is 40.5 Å². The topological polar surface area (TPSA) is 24.1 Å². The van der Waals surface area contributed by atoms with Gasteiger partial charge in [0.2, 0.25) is 0 Å². The normalized spacial score (nSPS) is 12.7. The fourth-order valence-electron chi connectivity index (χ4n) is 2.46. The van der Waals surface area contributed by atoms with Crippen LogP contribution in [-0.4, -0.2) is 26.7 Å². The third kappa shape index (κ3) is 4.96. The van der Waals surface area contributed by atoms with Gasteiger partial charge in [-0.1, -0.05) is 25.5 Å². The van der Waals surface area contributed by atoms with Crippen molar-refractivity contribution in [2.75, 3.05) is 26.7 Å². The number of benzene rings is 1. The molecule has 0 bridgehead atoms. The van der Waals surface area contributed by atoms with Gasteiger partial charge in [0.15, 0.2) is 0 Å². The maximum absolute atomic E-state index is 3.59. The molecule has 0 heterocycles. The molecule has 2 N–H and O–H groups in total. The Morgan fingerprint density at radius 3 is 2.42 bits per heavy atom. The SMILES string of the molecule is CCC(CNC)CNCCc1ccc(C)c(C)c1C. The van der Waals surface area contributed by atoms with Crippen LogP contribution in [0.2, 0.25) is 0 Å². The molecule has 0 aliphatic carbocycles.